The summed E-state index contributed by atoms with van der Waals surface area (Å²) >= 11 is 0. The van der Waals surface area contributed by atoms with E-state index in [2.05, 4.69) is 149 Å². The first kappa shape index (κ1) is 37.8. The van der Waals surface area contributed by atoms with Crippen molar-refractivity contribution in [3.05, 3.63) is 181 Å². The van der Waals surface area contributed by atoms with Gasteiger partial charge in [-0.25, -0.2) is 0 Å². The number of para-hydroxylation sites is 1. The molecule has 0 amide bonds. The van der Waals surface area contributed by atoms with Gasteiger partial charge in [0, 0.05) is 37.9 Å². The van der Waals surface area contributed by atoms with Gasteiger partial charge < -0.3 is 19.4 Å². The molecule has 55 heavy (non-hydrogen) atoms. The topological polar surface area (TPSA) is 51.8 Å². The van der Waals surface area contributed by atoms with Crippen LogP contribution in [0.5, 0.6) is 0 Å². The molecule has 0 aliphatic carbocycles. The molecular weight excluding hydrogens is 867 g/mol. The number of furan rings is 1. The first-order chi connectivity index (χ1) is 26.2. The predicted molar refractivity (Wildman–Crippen MR) is 227 cm³/mol. The Bertz CT molecular complexity index is 2720. The third-order valence-corrected chi connectivity index (χ3v) is 12.0. The molecular formula is C49H41IrN3OSi-2. The molecule has 0 bridgehead atoms. The number of fused-ring (bicyclic) bond motifs is 4. The van der Waals surface area contributed by atoms with E-state index in [1.165, 1.54) is 27.4 Å². The summed E-state index contributed by atoms with van der Waals surface area (Å²) in [4.78, 5) is 14.3. The summed E-state index contributed by atoms with van der Waals surface area (Å²) in [6.07, 6.45) is 7.24. The monoisotopic (exact) mass is 908 g/mol. The second-order valence-electron chi connectivity index (χ2n) is 14.8. The third-order valence-electron chi connectivity index (χ3n) is 10.0. The summed E-state index contributed by atoms with van der Waals surface area (Å²) in [7, 11) is -1.47. The van der Waals surface area contributed by atoms with E-state index in [0.717, 1.165) is 60.9 Å². The number of hydrogen-bond acceptors (Lipinski definition) is 4. The molecule has 273 valence electrons. The maximum Gasteiger partial charge on any atom is 0.121 e. The minimum Gasteiger partial charge on any atom is -0.500 e. The summed E-state index contributed by atoms with van der Waals surface area (Å²) < 4.78 is 6.37. The molecule has 4 aromatic heterocycles. The van der Waals surface area contributed by atoms with Crippen LogP contribution in [0.4, 0.5) is 0 Å². The average molecular weight is 908 g/mol. The largest absolute Gasteiger partial charge is 0.500 e. The molecule has 1 radical (unpaired) electrons. The Morgan fingerprint density at radius 1 is 0.691 bits per heavy atom. The van der Waals surface area contributed by atoms with E-state index >= 15 is 0 Å². The van der Waals surface area contributed by atoms with E-state index in [1.54, 1.807) is 0 Å². The van der Waals surface area contributed by atoms with E-state index < -0.39 is 8.07 Å². The molecule has 0 N–H and O–H groups in total. The molecule has 1 unspecified atom stereocenters. The van der Waals surface area contributed by atoms with Crippen LogP contribution in [0.1, 0.15) is 29.7 Å². The molecule has 0 saturated carbocycles. The Labute approximate surface area is 337 Å². The standard InChI is InChI=1S/C28H19N2O.C21H22NSi.Ir/c1-18(19-9-3-2-4-10-19)27-26-22-13-7-8-14-25(22)31-28(26)23(17-30-27)24-15-20-11-5-6-12-21(20)16-29-24;1-16-10-12-18(13-11-16)20-14-19(17-8-6-5-7-9-17)21(15-22-20)23(2,3)4;/h2-16,18H,1H3;5-12,14-15H,1-4H3;/q2*-1;. The summed E-state index contributed by atoms with van der Waals surface area (Å²) in [5, 5.41) is 5.75. The maximum absolute atomic E-state index is 6.37. The number of benzene rings is 5. The van der Waals surface area contributed by atoms with Crippen molar-refractivity contribution in [1.29, 1.82) is 0 Å². The van der Waals surface area contributed by atoms with Crippen molar-refractivity contribution in [3.63, 3.8) is 0 Å². The smallest absolute Gasteiger partial charge is 0.121 e. The molecule has 5 aromatic carbocycles. The van der Waals surface area contributed by atoms with Crippen LogP contribution in [0.2, 0.25) is 19.6 Å². The van der Waals surface area contributed by atoms with Gasteiger partial charge in [-0.15, -0.1) is 35.4 Å². The van der Waals surface area contributed by atoms with Gasteiger partial charge >= 0.3 is 0 Å². The molecule has 9 aromatic rings. The van der Waals surface area contributed by atoms with Gasteiger partial charge in [0.15, 0.2) is 0 Å². The molecule has 9 rings (SSSR count). The molecule has 0 aliphatic rings. The van der Waals surface area contributed by atoms with E-state index in [-0.39, 0.29) is 26.0 Å². The Morgan fingerprint density at radius 2 is 1.36 bits per heavy atom. The van der Waals surface area contributed by atoms with Gasteiger partial charge in [-0.3, -0.25) is 0 Å². The van der Waals surface area contributed by atoms with Gasteiger partial charge in [-0.05, 0) is 73.3 Å². The van der Waals surface area contributed by atoms with Crippen LogP contribution >= 0.6 is 0 Å². The Morgan fingerprint density at radius 3 is 2.09 bits per heavy atom. The van der Waals surface area contributed by atoms with Crippen LogP contribution in [0.3, 0.4) is 0 Å². The zero-order valence-electron chi connectivity index (χ0n) is 31.6. The molecule has 1 atom stereocenters. The SMILES string of the molecule is CC(c1ccccc1)c1n[c-]c(-c2cc3ccccc3cn2)c2oc3ccccc3c12.Cc1c[c-]c(-c2cc(-c3ccccc3)c([Si](C)(C)C)cn2)cc1.[Ir]. The van der Waals surface area contributed by atoms with Crippen molar-refractivity contribution in [2.45, 2.75) is 39.4 Å². The van der Waals surface area contributed by atoms with Crippen LogP contribution in [0.15, 0.2) is 156 Å². The fourth-order valence-corrected chi connectivity index (χ4v) is 8.50. The van der Waals surface area contributed by atoms with Crippen molar-refractivity contribution >= 4 is 46.0 Å². The summed E-state index contributed by atoms with van der Waals surface area (Å²) in [5.74, 6) is 0.111. The molecule has 0 aliphatic heterocycles. The zero-order valence-corrected chi connectivity index (χ0v) is 35.0. The maximum atomic E-state index is 6.37. The molecule has 6 heteroatoms. The molecule has 0 saturated heterocycles. The first-order valence-corrected chi connectivity index (χ1v) is 21.9. The molecule has 4 nitrogen and oxygen atoms in total. The van der Waals surface area contributed by atoms with Gasteiger partial charge in [-0.1, -0.05) is 154 Å². The number of aromatic nitrogens is 3. The van der Waals surface area contributed by atoms with Crippen LogP contribution in [-0.2, 0) is 20.1 Å². The van der Waals surface area contributed by atoms with Gasteiger partial charge in [0.05, 0.1) is 13.7 Å². The van der Waals surface area contributed by atoms with E-state index in [1.807, 2.05) is 48.7 Å². The summed E-state index contributed by atoms with van der Waals surface area (Å²) in [6, 6.07) is 51.3. The number of aryl methyl sites for hydroxylation is 1. The minimum atomic E-state index is -1.47. The van der Waals surface area contributed by atoms with Crippen LogP contribution < -0.4 is 5.19 Å². The van der Waals surface area contributed by atoms with Crippen molar-refractivity contribution in [1.82, 2.24) is 15.0 Å². The molecule has 4 heterocycles. The van der Waals surface area contributed by atoms with Gasteiger partial charge in [0.25, 0.3) is 0 Å². The zero-order chi connectivity index (χ0) is 37.2. The minimum absolute atomic E-state index is 0. The van der Waals surface area contributed by atoms with Gasteiger partial charge in [0.1, 0.15) is 5.58 Å². The summed E-state index contributed by atoms with van der Waals surface area (Å²) in [6.45, 7) is 11.4. The number of rotatable bonds is 6. The number of pyridine rings is 3. The van der Waals surface area contributed by atoms with Crippen molar-refractivity contribution in [3.8, 4) is 33.6 Å². The Hall–Kier alpha value is -5.52. The molecule has 0 fully saturated rings. The van der Waals surface area contributed by atoms with Crippen molar-refractivity contribution in [2.24, 2.45) is 0 Å². The fourth-order valence-electron chi connectivity index (χ4n) is 7.02. The van der Waals surface area contributed by atoms with E-state index in [0.29, 0.717) is 0 Å². The van der Waals surface area contributed by atoms with Crippen LogP contribution in [0, 0.1) is 19.2 Å². The quantitative estimate of drug-likeness (QED) is 0.123. The predicted octanol–water partition coefficient (Wildman–Crippen LogP) is 12.2. The Balaban J connectivity index is 0.000000174. The van der Waals surface area contributed by atoms with Crippen LogP contribution in [-0.4, -0.2) is 23.0 Å². The van der Waals surface area contributed by atoms with Crippen molar-refractivity contribution < 1.29 is 24.5 Å². The number of nitrogens with zero attached hydrogens (tertiary/aromatic N) is 3. The number of hydrogen-bond donors (Lipinski definition) is 0. The van der Waals surface area contributed by atoms with E-state index in [4.69, 9.17) is 19.4 Å². The first-order valence-electron chi connectivity index (χ1n) is 18.4. The van der Waals surface area contributed by atoms with Gasteiger partial charge in [0.2, 0.25) is 0 Å². The van der Waals surface area contributed by atoms with Crippen LogP contribution in [0.25, 0.3) is 66.4 Å². The normalized spacial score (nSPS) is 11.9. The Kier molecular flexibility index (Phi) is 11.0. The second-order valence-corrected chi connectivity index (χ2v) is 19.9. The third kappa shape index (κ3) is 7.85. The van der Waals surface area contributed by atoms with E-state index in [9.17, 15) is 0 Å². The summed E-state index contributed by atoms with van der Waals surface area (Å²) in [5.41, 5.74) is 11.3. The second kappa shape index (κ2) is 16.1. The van der Waals surface area contributed by atoms with Gasteiger partial charge in [-0.2, -0.15) is 0 Å². The average Bonchev–Trinajstić information content (AvgIpc) is 3.61. The molecule has 0 spiro atoms. The fraction of sp³-hybridized carbons (Fsp3) is 0.122. The van der Waals surface area contributed by atoms with Crippen molar-refractivity contribution in [2.75, 3.05) is 0 Å².